The van der Waals surface area contributed by atoms with Crippen LogP contribution in [0.1, 0.15) is 23.5 Å². The fourth-order valence-corrected chi connectivity index (χ4v) is 3.97. The van der Waals surface area contributed by atoms with Crippen molar-refractivity contribution in [3.63, 3.8) is 0 Å². The van der Waals surface area contributed by atoms with Gasteiger partial charge < -0.3 is 14.8 Å². The summed E-state index contributed by atoms with van der Waals surface area (Å²) >= 11 is 5.27. The SMILES string of the molecule is CNC(C)c1sc(-c2cc(Br)c3c(c2)OCCO3)nc1C. The Labute approximate surface area is 136 Å². The molecule has 0 bridgehead atoms. The van der Waals surface area contributed by atoms with Gasteiger partial charge in [-0.05, 0) is 49.0 Å². The highest BCUT2D eigenvalue weighted by molar-refractivity contribution is 9.10. The summed E-state index contributed by atoms with van der Waals surface area (Å²) in [5.74, 6) is 1.56. The van der Waals surface area contributed by atoms with E-state index in [0.29, 0.717) is 19.3 Å². The zero-order valence-corrected chi connectivity index (χ0v) is 14.6. The molecule has 4 nitrogen and oxygen atoms in total. The minimum atomic E-state index is 0.303. The third-order valence-corrected chi connectivity index (χ3v) is 5.48. The van der Waals surface area contributed by atoms with E-state index in [0.717, 1.165) is 32.2 Å². The summed E-state index contributed by atoms with van der Waals surface area (Å²) in [6, 6.07) is 4.35. The van der Waals surface area contributed by atoms with Gasteiger partial charge in [-0.25, -0.2) is 4.98 Å². The molecule has 0 saturated heterocycles. The topological polar surface area (TPSA) is 43.4 Å². The average molecular weight is 369 g/mol. The maximum atomic E-state index is 5.68. The van der Waals surface area contributed by atoms with E-state index < -0.39 is 0 Å². The van der Waals surface area contributed by atoms with Crippen molar-refractivity contribution >= 4 is 27.3 Å². The highest BCUT2D eigenvalue weighted by atomic mass is 79.9. The molecule has 3 rings (SSSR count). The lowest BCUT2D eigenvalue weighted by atomic mass is 10.2. The lowest BCUT2D eigenvalue weighted by molar-refractivity contribution is 0.170. The summed E-state index contributed by atoms with van der Waals surface area (Å²) in [5, 5.41) is 4.27. The van der Waals surface area contributed by atoms with Crippen LogP contribution in [0.4, 0.5) is 0 Å². The standard InChI is InChI=1S/C15H17BrN2O2S/c1-8(17-3)14-9(2)18-15(21-14)10-6-11(16)13-12(7-10)19-4-5-20-13/h6-8,17H,4-5H2,1-3H3. The molecular weight excluding hydrogens is 352 g/mol. The Bertz CT molecular complexity index is 672. The molecule has 0 amide bonds. The molecule has 1 aromatic heterocycles. The highest BCUT2D eigenvalue weighted by Gasteiger charge is 2.19. The molecule has 1 N–H and O–H groups in total. The first-order chi connectivity index (χ1) is 10.1. The van der Waals surface area contributed by atoms with Crippen LogP contribution in [0.5, 0.6) is 11.5 Å². The number of halogens is 1. The van der Waals surface area contributed by atoms with E-state index in [1.54, 1.807) is 11.3 Å². The molecular formula is C15H17BrN2O2S. The van der Waals surface area contributed by atoms with Crippen LogP contribution in [0.2, 0.25) is 0 Å². The second-order valence-electron chi connectivity index (χ2n) is 4.96. The van der Waals surface area contributed by atoms with Gasteiger partial charge in [0.1, 0.15) is 18.2 Å². The molecule has 2 heterocycles. The van der Waals surface area contributed by atoms with Crippen molar-refractivity contribution in [3.8, 4) is 22.1 Å². The minimum Gasteiger partial charge on any atom is -0.486 e. The Morgan fingerprint density at radius 1 is 1.33 bits per heavy atom. The van der Waals surface area contributed by atoms with Crippen molar-refractivity contribution in [2.24, 2.45) is 0 Å². The van der Waals surface area contributed by atoms with Crippen molar-refractivity contribution in [2.75, 3.05) is 20.3 Å². The molecule has 1 aromatic carbocycles. The smallest absolute Gasteiger partial charge is 0.175 e. The predicted octanol–water partition coefficient (Wildman–Crippen LogP) is 3.93. The number of nitrogens with zero attached hydrogens (tertiary/aromatic N) is 1. The number of fused-ring (bicyclic) bond motifs is 1. The largest absolute Gasteiger partial charge is 0.486 e. The molecule has 1 atom stereocenters. The molecule has 21 heavy (non-hydrogen) atoms. The van der Waals surface area contributed by atoms with E-state index in [-0.39, 0.29) is 0 Å². The quantitative estimate of drug-likeness (QED) is 0.890. The van der Waals surface area contributed by atoms with Crippen LogP contribution in [0.25, 0.3) is 10.6 Å². The van der Waals surface area contributed by atoms with Gasteiger partial charge in [0, 0.05) is 16.5 Å². The Kier molecular flexibility index (Phi) is 4.19. The number of hydrogen-bond donors (Lipinski definition) is 1. The third kappa shape index (κ3) is 2.80. The first kappa shape index (κ1) is 14.8. The molecule has 1 aliphatic heterocycles. The van der Waals surface area contributed by atoms with E-state index >= 15 is 0 Å². The summed E-state index contributed by atoms with van der Waals surface area (Å²) in [4.78, 5) is 5.96. The number of nitrogens with one attached hydrogen (secondary N) is 1. The van der Waals surface area contributed by atoms with E-state index in [1.165, 1.54) is 4.88 Å². The summed E-state index contributed by atoms with van der Waals surface area (Å²) in [5.41, 5.74) is 2.12. The Hall–Kier alpha value is -1.11. The summed E-state index contributed by atoms with van der Waals surface area (Å²) < 4.78 is 12.2. The predicted molar refractivity (Wildman–Crippen MR) is 88.5 cm³/mol. The van der Waals surface area contributed by atoms with E-state index in [1.807, 2.05) is 19.2 Å². The molecule has 0 aliphatic carbocycles. The van der Waals surface area contributed by atoms with Gasteiger partial charge >= 0.3 is 0 Å². The van der Waals surface area contributed by atoms with Crippen LogP contribution in [-0.4, -0.2) is 25.2 Å². The van der Waals surface area contributed by atoms with E-state index in [4.69, 9.17) is 14.5 Å². The zero-order chi connectivity index (χ0) is 15.0. The molecule has 2 aromatic rings. The Morgan fingerprint density at radius 3 is 2.86 bits per heavy atom. The molecule has 0 saturated carbocycles. The highest BCUT2D eigenvalue weighted by Crippen LogP contribution is 2.42. The lowest BCUT2D eigenvalue weighted by Crippen LogP contribution is -2.15. The molecule has 1 unspecified atom stereocenters. The molecule has 1 aliphatic rings. The van der Waals surface area contributed by atoms with E-state index in [9.17, 15) is 0 Å². The van der Waals surface area contributed by atoms with E-state index in [2.05, 4.69) is 35.1 Å². The van der Waals surface area contributed by atoms with Crippen molar-refractivity contribution < 1.29 is 9.47 Å². The number of aromatic nitrogens is 1. The van der Waals surface area contributed by atoms with Gasteiger partial charge in [0.2, 0.25) is 0 Å². The number of benzene rings is 1. The lowest BCUT2D eigenvalue weighted by Gasteiger charge is -2.20. The number of ether oxygens (including phenoxy) is 2. The monoisotopic (exact) mass is 368 g/mol. The van der Waals surface area contributed by atoms with Gasteiger partial charge in [-0.15, -0.1) is 11.3 Å². The van der Waals surface area contributed by atoms with Crippen molar-refractivity contribution in [1.29, 1.82) is 0 Å². The number of aryl methyl sites for hydroxylation is 1. The van der Waals surface area contributed by atoms with Gasteiger partial charge in [0.15, 0.2) is 11.5 Å². The Morgan fingerprint density at radius 2 is 2.10 bits per heavy atom. The fraction of sp³-hybridized carbons (Fsp3) is 0.400. The van der Waals surface area contributed by atoms with Crippen molar-refractivity contribution in [3.05, 3.63) is 27.2 Å². The molecule has 0 spiro atoms. The zero-order valence-electron chi connectivity index (χ0n) is 12.2. The minimum absolute atomic E-state index is 0.303. The second-order valence-corrected chi connectivity index (χ2v) is 6.85. The summed E-state index contributed by atoms with van der Waals surface area (Å²) in [6.45, 7) is 5.37. The van der Waals surface area contributed by atoms with Crippen LogP contribution < -0.4 is 14.8 Å². The fourth-order valence-electron chi connectivity index (χ4n) is 2.30. The number of rotatable bonds is 3. The maximum Gasteiger partial charge on any atom is 0.175 e. The first-order valence-corrected chi connectivity index (χ1v) is 8.45. The Balaban J connectivity index is 2.03. The van der Waals surface area contributed by atoms with Crippen LogP contribution >= 0.6 is 27.3 Å². The number of hydrogen-bond acceptors (Lipinski definition) is 5. The molecule has 0 radical (unpaired) electrons. The van der Waals surface area contributed by atoms with Gasteiger partial charge in [0.25, 0.3) is 0 Å². The van der Waals surface area contributed by atoms with Gasteiger partial charge in [-0.1, -0.05) is 0 Å². The van der Waals surface area contributed by atoms with Crippen molar-refractivity contribution in [1.82, 2.24) is 10.3 Å². The average Bonchev–Trinajstić information content (AvgIpc) is 2.88. The first-order valence-electron chi connectivity index (χ1n) is 6.84. The number of thiazole rings is 1. The third-order valence-electron chi connectivity index (χ3n) is 3.50. The summed E-state index contributed by atoms with van der Waals surface area (Å²) in [6.07, 6.45) is 0. The maximum absolute atomic E-state index is 5.68. The second kappa shape index (κ2) is 5.94. The van der Waals surface area contributed by atoms with Crippen LogP contribution in [0.3, 0.4) is 0 Å². The van der Waals surface area contributed by atoms with Gasteiger partial charge in [-0.2, -0.15) is 0 Å². The molecule has 0 fully saturated rings. The van der Waals surface area contributed by atoms with Crippen LogP contribution in [0, 0.1) is 6.92 Å². The molecule has 112 valence electrons. The summed E-state index contributed by atoms with van der Waals surface area (Å²) in [7, 11) is 1.96. The normalized spacial score (nSPS) is 15.0. The van der Waals surface area contributed by atoms with Crippen molar-refractivity contribution in [2.45, 2.75) is 19.9 Å². The molecule has 6 heteroatoms. The van der Waals surface area contributed by atoms with Gasteiger partial charge in [0.05, 0.1) is 10.2 Å². The van der Waals surface area contributed by atoms with Crippen LogP contribution in [0.15, 0.2) is 16.6 Å². The van der Waals surface area contributed by atoms with Gasteiger partial charge in [-0.3, -0.25) is 0 Å². The van der Waals surface area contributed by atoms with Crippen LogP contribution in [-0.2, 0) is 0 Å².